The molecule has 0 amide bonds. The first kappa shape index (κ1) is 13.0. The Bertz CT molecular complexity index is 670. The lowest BCUT2D eigenvalue weighted by Crippen LogP contribution is -2.14. The Morgan fingerprint density at radius 2 is 2.10 bits per heavy atom. The summed E-state index contributed by atoms with van der Waals surface area (Å²) in [6.45, 7) is 0. The molecule has 1 heterocycles. The van der Waals surface area contributed by atoms with Crippen LogP contribution in [-0.2, 0) is 12.8 Å². The van der Waals surface area contributed by atoms with E-state index in [4.69, 9.17) is 10.9 Å². The maximum Gasteiger partial charge on any atom is 0.171 e. The molecule has 3 N–H and O–H groups in total. The summed E-state index contributed by atoms with van der Waals surface area (Å²) >= 11 is 1.59. The molecule has 1 aromatic carbocycles. The van der Waals surface area contributed by atoms with E-state index in [2.05, 4.69) is 28.3 Å². The molecule has 0 unspecified atom stereocenters. The van der Waals surface area contributed by atoms with Gasteiger partial charge in [0, 0.05) is 27.7 Å². The Morgan fingerprint density at radius 1 is 1.25 bits per heavy atom. The van der Waals surface area contributed by atoms with Gasteiger partial charge in [-0.1, -0.05) is 23.0 Å². The number of amidine groups is 1. The Kier molecular flexibility index (Phi) is 3.60. The SMILES string of the molecule is N/C(=N/O)c1ccncc1Sc1ccc2c(c1)CCC2. The third-order valence-electron chi connectivity index (χ3n) is 3.47. The maximum atomic E-state index is 8.84. The summed E-state index contributed by atoms with van der Waals surface area (Å²) in [5, 5.41) is 11.9. The highest BCUT2D eigenvalue weighted by Crippen LogP contribution is 2.33. The van der Waals surface area contributed by atoms with Crippen molar-refractivity contribution in [3.8, 4) is 0 Å². The van der Waals surface area contributed by atoms with Crippen molar-refractivity contribution in [2.24, 2.45) is 10.9 Å². The summed E-state index contributed by atoms with van der Waals surface area (Å²) < 4.78 is 0. The van der Waals surface area contributed by atoms with Crippen LogP contribution in [0.15, 0.2) is 51.6 Å². The number of hydrogen-bond acceptors (Lipinski definition) is 4. The molecule has 0 radical (unpaired) electrons. The van der Waals surface area contributed by atoms with Crippen LogP contribution in [0.3, 0.4) is 0 Å². The molecule has 3 rings (SSSR count). The zero-order chi connectivity index (χ0) is 13.9. The molecule has 102 valence electrons. The third kappa shape index (κ3) is 2.49. The van der Waals surface area contributed by atoms with Crippen LogP contribution < -0.4 is 5.73 Å². The lowest BCUT2D eigenvalue weighted by atomic mass is 10.1. The lowest BCUT2D eigenvalue weighted by Gasteiger charge is -2.08. The van der Waals surface area contributed by atoms with Crippen LogP contribution in [0.25, 0.3) is 0 Å². The molecule has 1 aliphatic rings. The average molecular weight is 285 g/mol. The Morgan fingerprint density at radius 3 is 2.95 bits per heavy atom. The van der Waals surface area contributed by atoms with Crippen molar-refractivity contribution in [3.05, 3.63) is 53.3 Å². The number of nitrogens with zero attached hydrogens (tertiary/aromatic N) is 2. The van der Waals surface area contributed by atoms with Crippen molar-refractivity contribution >= 4 is 17.6 Å². The minimum atomic E-state index is 0.107. The van der Waals surface area contributed by atoms with Gasteiger partial charge in [0.15, 0.2) is 5.84 Å². The van der Waals surface area contributed by atoms with E-state index >= 15 is 0 Å². The molecule has 1 aromatic heterocycles. The molecule has 20 heavy (non-hydrogen) atoms. The predicted molar refractivity (Wildman–Crippen MR) is 79.3 cm³/mol. The van der Waals surface area contributed by atoms with E-state index < -0.39 is 0 Å². The molecule has 0 aliphatic heterocycles. The first-order chi connectivity index (χ1) is 9.78. The van der Waals surface area contributed by atoms with Crippen molar-refractivity contribution < 1.29 is 5.21 Å². The zero-order valence-corrected chi connectivity index (χ0v) is 11.7. The van der Waals surface area contributed by atoms with Gasteiger partial charge in [-0.05, 0) is 48.6 Å². The van der Waals surface area contributed by atoms with Gasteiger partial charge in [0.2, 0.25) is 0 Å². The fourth-order valence-electron chi connectivity index (χ4n) is 2.47. The molecule has 0 saturated carbocycles. The second kappa shape index (κ2) is 5.54. The number of benzene rings is 1. The fourth-order valence-corrected chi connectivity index (χ4v) is 3.45. The van der Waals surface area contributed by atoms with E-state index in [-0.39, 0.29) is 5.84 Å². The van der Waals surface area contributed by atoms with Crippen molar-refractivity contribution in [1.82, 2.24) is 4.98 Å². The van der Waals surface area contributed by atoms with Gasteiger partial charge in [-0.3, -0.25) is 4.98 Å². The Balaban J connectivity index is 1.92. The van der Waals surface area contributed by atoms with Crippen molar-refractivity contribution in [1.29, 1.82) is 0 Å². The molecule has 0 saturated heterocycles. The van der Waals surface area contributed by atoms with Gasteiger partial charge >= 0.3 is 0 Å². The van der Waals surface area contributed by atoms with Crippen LogP contribution in [0.5, 0.6) is 0 Å². The van der Waals surface area contributed by atoms with Gasteiger partial charge in [0.25, 0.3) is 0 Å². The number of aryl methyl sites for hydroxylation is 2. The van der Waals surface area contributed by atoms with Crippen molar-refractivity contribution in [2.75, 3.05) is 0 Å². The molecular weight excluding hydrogens is 270 g/mol. The topological polar surface area (TPSA) is 71.5 Å². The number of oxime groups is 1. The van der Waals surface area contributed by atoms with Crippen molar-refractivity contribution in [2.45, 2.75) is 29.1 Å². The van der Waals surface area contributed by atoms with Gasteiger partial charge in [-0.25, -0.2) is 0 Å². The quantitative estimate of drug-likeness (QED) is 0.394. The van der Waals surface area contributed by atoms with Crippen LogP contribution in [0.4, 0.5) is 0 Å². The molecule has 0 fully saturated rings. The molecule has 0 spiro atoms. The zero-order valence-electron chi connectivity index (χ0n) is 10.9. The van der Waals surface area contributed by atoms with Crippen LogP contribution in [0, 0.1) is 0 Å². The molecule has 5 heteroatoms. The van der Waals surface area contributed by atoms with Gasteiger partial charge < -0.3 is 10.9 Å². The summed E-state index contributed by atoms with van der Waals surface area (Å²) in [6.07, 6.45) is 6.96. The van der Waals surface area contributed by atoms with Gasteiger partial charge in [-0.2, -0.15) is 0 Å². The number of fused-ring (bicyclic) bond motifs is 1. The highest BCUT2D eigenvalue weighted by Gasteiger charge is 2.13. The van der Waals surface area contributed by atoms with Gasteiger partial charge in [0.05, 0.1) is 0 Å². The van der Waals surface area contributed by atoms with E-state index in [1.165, 1.54) is 24.0 Å². The van der Waals surface area contributed by atoms with Crippen LogP contribution in [0.1, 0.15) is 23.1 Å². The highest BCUT2D eigenvalue weighted by atomic mass is 32.2. The first-order valence-corrected chi connectivity index (χ1v) is 7.31. The number of rotatable bonds is 3. The van der Waals surface area contributed by atoms with Crippen molar-refractivity contribution in [3.63, 3.8) is 0 Å². The Hall–Kier alpha value is -2.01. The van der Waals surface area contributed by atoms with E-state index in [1.54, 1.807) is 30.2 Å². The monoisotopic (exact) mass is 285 g/mol. The predicted octanol–water partition coefficient (Wildman–Crippen LogP) is 2.82. The maximum absolute atomic E-state index is 8.84. The van der Waals surface area contributed by atoms with E-state index in [0.29, 0.717) is 5.56 Å². The highest BCUT2D eigenvalue weighted by molar-refractivity contribution is 7.99. The van der Waals surface area contributed by atoms with E-state index in [0.717, 1.165) is 16.2 Å². The van der Waals surface area contributed by atoms with Crippen LogP contribution in [-0.4, -0.2) is 16.0 Å². The standard InChI is InChI=1S/C15H15N3OS/c16-15(18-19)13-6-7-17-9-14(13)20-12-5-4-10-2-1-3-11(10)8-12/h4-9,19H,1-3H2,(H2,16,18). The van der Waals surface area contributed by atoms with E-state index in [9.17, 15) is 0 Å². The summed E-state index contributed by atoms with van der Waals surface area (Å²) in [5.41, 5.74) is 9.29. The normalized spacial score (nSPS) is 14.3. The van der Waals surface area contributed by atoms with E-state index in [1.807, 2.05) is 0 Å². The second-order valence-corrected chi connectivity index (χ2v) is 5.86. The fraction of sp³-hybridized carbons (Fsp3) is 0.200. The summed E-state index contributed by atoms with van der Waals surface area (Å²) in [5.74, 6) is 0.107. The number of aromatic nitrogens is 1. The third-order valence-corrected chi connectivity index (χ3v) is 4.50. The van der Waals surface area contributed by atoms with Crippen LogP contribution in [0.2, 0.25) is 0 Å². The molecular formula is C15H15N3OS. The average Bonchev–Trinajstić information content (AvgIpc) is 2.94. The minimum absolute atomic E-state index is 0.107. The number of nitrogens with two attached hydrogens (primary N) is 1. The Labute approximate surface area is 121 Å². The molecule has 1 aliphatic carbocycles. The lowest BCUT2D eigenvalue weighted by molar-refractivity contribution is 0.318. The molecule has 0 atom stereocenters. The minimum Gasteiger partial charge on any atom is -0.409 e. The second-order valence-electron chi connectivity index (χ2n) is 4.74. The summed E-state index contributed by atoms with van der Waals surface area (Å²) in [7, 11) is 0. The number of hydrogen-bond donors (Lipinski definition) is 2. The summed E-state index contributed by atoms with van der Waals surface area (Å²) in [6, 6.07) is 8.31. The molecule has 0 bridgehead atoms. The summed E-state index contributed by atoms with van der Waals surface area (Å²) in [4.78, 5) is 6.17. The molecule has 2 aromatic rings. The van der Waals surface area contributed by atoms with Gasteiger partial charge in [-0.15, -0.1) is 0 Å². The largest absolute Gasteiger partial charge is 0.409 e. The molecule has 4 nitrogen and oxygen atoms in total. The smallest absolute Gasteiger partial charge is 0.171 e. The number of pyridine rings is 1. The van der Waals surface area contributed by atoms with Gasteiger partial charge in [0.1, 0.15) is 0 Å². The first-order valence-electron chi connectivity index (χ1n) is 6.49. The van der Waals surface area contributed by atoms with Crippen LogP contribution >= 0.6 is 11.8 Å².